The molecule has 0 amide bonds. The molecule has 126 valence electrons. The first-order valence-electron chi connectivity index (χ1n) is 8.40. The summed E-state index contributed by atoms with van der Waals surface area (Å²) >= 11 is 0. The van der Waals surface area contributed by atoms with Gasteiger partial charge in [-0.05, 0) is 48.4 Å². The summed E-state index contributed by atoms with van der Waals surface area (Å²) in [6, 6.07) is 5.04. The van der Waals surface area contributed by atoms with E-state index in [-0.39, 0.29) is 0 Å². The van der Waals surface area contributed by atoms with E-state index in [0.717, 1.165) is 30.4 Å². The summed E-state index contributed by atoms with van der Waals surface area (Å²) in [6.45, 7) is 0. The molecule has 0 bridgehead atoms. The van der Waals surface area contributed by atoms with Crippen LogP contribution in [0.2, 0.25) is 0 Å². The highest BCUT2D eigenvalue weighted by atomic mass is 32.2. The van der Waals surface area contributed by atoms with Gasteiger partial charge in [0.1, 0.15) is 0 Å². The lowest BCUT2D eigenvalue weighted by Crippen LogP contribution is -2.23. The highest BCUT2D eigenvalue weighted by Gasteiger charge is 2.52. The molecule has 2 saturated carbocycles. The van der Waals surface area contributed by atoms with Gasteiger partial charge in [0.05, 0.1) is 10.3 Å². The first-order chi connectivity index (χ1) is 10.8. The topological polar surface area (TPSA) is 71.4 Å². The molecule has 2 fully saturated rings. The highest BCUT2D eigenvalue weighted by molar-refractivity contribution is 7.90. The van der Waals surface area contributed by atoms with Crippen LogP contribution in [0.3, 0.4) is 0 Å². The van der Waals surface area contributed by atoms with Crippen molar-refractivity contribution >= 4 is 15.8 Å². The third-order valence-electron chi connectivity index (χ3n) is 5.41. The summed E-state index contributed by atoms with van der Waals surface area (Å²) in [6.07, 6.45) is 9.32. The summed E-state index contributed by atoms with van der Waals surface area (Å²) < 4.78 is 23.7. The minimum Gasteiger partial charge on any atom is -0.481 e. The fraction of sp³-hybridized carbons (Fsp3) is 0.611. The van der Waals surface area contributed by atoms with Gasteiger partial charge in [-0.15, -0.1) is 0 Å². The molecule has 0 heterocycles. The molecule has 4 nitrogen and oxygen atoms in total. The molecule has 0 atom stereocenters. The Morgan fingerprint density at radius 3 is 2.39 bits per heavy atom. The number of aliphatic carboxylic acids is 1. The van der Waals surface area contributed by atoms with Gasteiger partial charge in [0.15, 0.2) is 9.84 Å². The Morgan fingerprint density at radius 1 is 1.22 bits per heavy atom. The number of carbonyl (C=O) groups is 1. The third-order valence-corrected chi connectivity index (χ3v) is 6.52. The fourth-order valence-electron chi connectivity index (χ4n) is 3.86. The predicted octanol–water partition coefficient (Wildman–Crippen LogP) is 3.33. The lowest BCUT2D eigenvalue weighted by Gasteiger charge is -2.24. The van der Waals surface area contributed by atoms with Crippen LogP contribution in [0.15, 0.2) is 23.1 Å². The van der Waals surface area contributed by atoms with Crippen LogP contribution in [0.25, 0.3) is 0 Å². The molecule has 5 heteroatoms. The maximum atomic E-state index is 11.9. The molecule has 1 aromatic carbocycles. The fourth-order valence-corrected chi connectivity index (χ4v) is 4.53. The highest BCUT2D eigenvalue weighted by Crippen LogP contribution is 2.50. The molecule has 1 aromatic rings. The third kappa shape index (κ3) is 3.30. The Balaban J connectivity index is 1.99. The largest absolute Gasteiger partial charge is 0.481 e. The number of carboxylic acid groups (broad SMARTS) is 1. The van der Waals surface area contributed by atoms with Gasteiger partial charge in [-0.25, -0.2) is 8.42 Å². The molecule has 2 aliphatic carbocycles. The second kappa shape index (κ2) is 5.93. The summed E-state index contributed by atoms with van der Waals surface area (Å²) in [7, 11) is -3.28. The van der Waals surface area contributed by atoms with Crippen molar-refractivity contribution in [2.45, 2.75) is 61.7 Å². The molecule has 0 aliphatic heterocycles. The van der Waals surface area contributed by atoms with E-state index in [9.17, 15) is 18.3 Å². The van der Waals surface area contributed by atoms with Crippen LogP contribution < -0.4 is 0 Å². The Morgan fingerprint density at radius 2 is 1.87 bits per heavy atom. The number of hydrogen-bond acceptors (Lipinski definition) is 3. The quantitative estimate of drug-likeness (QED) is 0.895. The molecule has 1 N–H and O–H groups in total. The average molecular weight is 336 g/mol. The molecule has 3 rings (SSSR count). The molecule has 2 aliphatic rings. The number of sulfone groups is 1. The summed E-state index contributed by atoms with van der Waals surface area (Å²) in [5, 5.41) is 9.60. The van der Waals surface area contributed by atoms with Gasteiger partial charge >= 0.3 is 5.97 Å². The van der Waals surface area contributed by atoms with Crippen molar-refractivity contribution in [2.24, 2.45) is 5.92 Å². The predicted molar refractivity (Wildman–Crippen MR) is 88.4 cm³/mol. The van der Waals surface area contributed by atoms with Crippen LogP contribution in [-0.2, 0) is 26.5 Å². The van der Waals surface area contributed by atoms with Crippen molar-refractivity contribution < 1.29 is 18.3 Å². The minimum atomic E-state index is -3.28. The molecule has 0 aromatic heterocycles. The zero-order valence-electron chi connectivity index (χ0n) is 13.5. The van der Waals surface area contributed by atoms with E-state index in [0.29, 0.717) is 23.7 Å². The molecule has 0 spiro atoms. The summed E-state index contributed by atoms with van der Waals surface area (Å²) in [5.41, 5.74) is 0.989. The van der Waals surface area contributed by atoms with Crippen LogP contribution in [0.4, 0.5) is 0 Å². The van der Waals surface area contributed by atoms with Gasteiger partial charge in [-0.1, -0.05) is 38.2 Å². The average Bonchev–Trinajstić information content (AvgIpc) is 3.29. The van der Waals surface area contributed by atoms with Crippen LogP contribution in [0.1, 0.15) is 56.1 Å². The van der Waals surface area contributed by atoms with E-state index in [4.69, 9.17) is 0 Å². The molecular formula is C18H24O4S. The van der Waals surface area contributed by atoms with Gasteiger partial charge in [-0.3, -0.25) is 4.79 Å². The number of carboxylic acids is 1. The van der Waals surface area contributed by atoms with Crippen molar-refractivity contribution in [1.82, 2.24) is 0 Å². The van der Waals surface area contributed by atoms with E-state index < -0.39 is 21.2 Å². The van der Waals surface area contributed by atoms with E-state index in [1.807, 2.05) is 0 Å². The number of rotatable bonds is 5. The zero-order valence-corrected chi connectivity index (χ0v) is 14.4. The van der Waals surface area contributed by atoms with Crippen LogP contribution in [-0.4, -0.2) is 25.7 Å². The monoisotopic (exact) mass is 336 g/mol. The molecule has 0 unspecified atom stereocenters. The second-order valence-corrected chi connectivity index (χ2v) is 9.20. The Kier molecular flexibility index (Phi) is 4.25. The molecule has 0 radical (unpaired) electrons. The van der Waals surface area contributed by atoms with E-state index in [1.165, 1.54) is 25.5 Å². The lowest BCUT2D eigenvalue weighted by molar-refractivity contribution is -0.140. The normalized spacial score (nSPS) is 21.1. The smallest absolute Gasteiger partial charge is 0.314 e. The summed E-state index contributed by atoms with van der Waals surface area (Å²) in [4.78, 5) is 12.0. The lowest BCUT2D eigenvalue weighted by atomic mass is 9.81. The van der Waals surface area contributed by atoms with E-state index in [2.05, 4.69) is 0 Å². The minimum absolute atomic E-state index is 0.299. The van der Waals surface area contributed by atoms with Crippen LogP contribution >= 0.6 is 0 Å². The SMILES string of the molecule is CS(=O)(=O)c1ccc(C2(C(=O)O)CC2)c(CC2CCCCC2)c1. The van der Waals surface area contributed by atoms with E-state index >= 15 is 0 Å². The van der Waals surface area contributed by atoms with Gasteiger partial charge in [-0.2, -0.15) is 0 Å². The Labute approximate surface area is 137 Å². The second-order valence-electron chi connectivity index (χ2n) is 7.19. The van der Waals surface area contributed by atoms with Gasteiger partial charge in [0, 0.05) is 6.26 Å². The van der Waals surface area contributed by atoms with Crippen molar-refractivity contribution in [3.63, 3.8) is 0 Å². The zero-order chi connectivity index (χ0) is 16.7. The van der Waals surface area contributed by atoms with Crippen LogP contribution in [0, 0.1) is 5.92 Å². The maximum Gasteiger partial charge on any atom is 0.314 e. The van der Waals surface area contributed by atoms with Crippen molar-refractivity contribution in [2.75, 3.05) is 6.26 Å². The Bertz CT molecular complexity index is 711. The first kappa shape index (κ1) is 16.5. The van der Waals surface area contributed by atoms with Gasteiger partial charge in [0.2, 0.25) is 0 Å². The first-order valence-corrected chi connectivity index (χ1v) is 10.3. The van der Waals surface area contributed by atoms with Gasteiger partial charge < -0.3 is 5.11 Å². The van der Waals surface area contributed by atoms with Crippen molar-refractivity contribution in [3.05, 3.63) is 29.3 Å². The Hall–Kier alpha value is -1.36. The van der Waals surface area contributed by atoms with Crippen molar-refractivity contribution in [1.29, 1.82) is 0 Å². The maximum absolute atomic E-state index is 11.9. The standard InChI is InChI=1S/C18H24O4S/c1-23(21,22)15-7-8-16(18(9-10-18)17(19)20)14(12-15)11-13-5-3-2-4-6-13/h7-8,12-13H,2-6,9-11H2,1H3,(H,19,20). The van der Waals surface area contributed by atoms with Gasteiger partial charge in [0.25, 0.3) is 0 Å². The van der Waals surface area contributed by atoms with Crippen LogP contribution in [0.5, 0.6) is 0 Å². The molecule has 0 saturated heterocycles. The molecule has 23 heavy (non-hydrogen) atoms. The number of hydrogen-bond donors (Lipinski definition) is 1. The number of benzene rings is 1. The van der Waals surface area contributed by atoms with Crippen molar-refractivity contribution in [3.8, 4) is 0 Å². The molecular weight excluding hydrogens is 312 g/mol. The van der Waals surface area contributed by atoms with E-state index in [1.54, 1.807) is 18.2 Å². The summed E-state index contributed by atoms with van der Waals surface area (Å²) in [5.74, 6) is -0.239.